The summed E-state index contributed by atoms with van der Waals surface area (Å²) in [6.07, 6.45) is -10.2. The summed E-state index contributed by atoms with van der Waals surface area (Å²) in [5.74, 6) is 0. The number of nitrogens with zero attached hydrogens (tertiary/aromatic N) is 5. The minimum Gasteiger partial charge on any atom is -0.308 e. The lowest BCUT2D eigenvalue weighted by Gasteiger charge is -2.21. The standard InChI is InChI=1S/C41H19F6N5/c42-40(43,44)26-11-12-27(33(19-26)41(45,46)47)25-17-38(51-34-7-3-1-5-28(34)30-15-23(20-48)9-13-36(30)51)32(22-50)39(18-25)52-35-8-4-2-6-29(35)31-16-24(21-49)10-14-37(31)52/h1-19H. The van der Waals surface area contributed by atoms with E-state index < -0.39 is 29.0 Å². The summed E-state index contributed by atoms with van der Waals surface area (Å²) in [5, 5.41) is 33.0. The Kier molecular flexibility index (Phi) is 7.13. The molecule has 0 N–H and O–H groups in total. The zero-order valence-electron chi connectivity index (χ0n) is 26.5. The van der Waals surface area contributed by atoms with Gasteiger partial charge in [0, 0.05) is 21.5 Å². The van der Waals surface area contributed by atoms with Crippen LogP contribution in [0.1, 0.15) is 27.8 Å². The Morgan fingerprint density at radius 3 is 1.38 bits per heavy atom. The minimum atomic E-state index is -5.17. The van der Waals surface area contributed by atoms with Crippen molar-refractivity contribution >= 4 is 43.6 Å². The van der Waals surface area contributed by atoms with Crippen molar-refractivity contribution in [1.29, 1.82) is 15.8 Å². The van der Waals surface area contributed by atoms with E-state index in [1.807, 2.05) is 12.1 Å². The third kappa shape index (κ3) is 4.93. The van der Waals surface area contributed by atoms with E-state index in [-0.39, 0.29) is 28.6 Å². The van der Waals surface area contributed by atoms with Crippen LogP contribution in [0, 0.1) is 34.0 Å². The Balaban J connectivity index is 1.57. The normalized spacial score (nSPS) is 12.0. The highest BCUT2D eigenvalue weighted by atomic mass is 19.4. The van der Waals surface area contributed by atoms with Crippen LogP contribution in [0.25, 0.3) is 66.1 Å². The fourth-order valence-corrected chi connectivity index (χ4v) is 7.05. The van der Waals surface area contributed by atoms with Gasteiger partial charge in [-0.05, 0) is 83.9 Å². The van der Waals surface area contributed by atoms with Crippen molar-refractivity contribution in [2.75, 3.05) is 0 Å². The molecule has 0 radical (unpaired) electrons. The van der Waals surface area contributed by atoms with Gasteiger partial charge in [-0.15, -0.1) is 0 Å². The number of benzene rings is 6. The molecule has 0 unspecified atom stereocenters. The first-order valence-electron chi connectivity index (χ1n) is 15.7. The number of hydrogen-bond donors (Lipinski definition) is 0. The summed E-state index contributed by atoms with van der Waals surface area (Å²) in [6, 6.07) is 35.0. The average Bonchev–Trinajstić information content (AvgIpc) is 3.65. The van der Waals surface area contributed by atoms with Gasteiger partial charge in [0.25, 0.3) is 0 Å². The van der Waals surface area contributed by atoms with Gasteiger partial charge in [-0.25, -0.2) is 0 Å². The van der Waals surface area contributed by atoms with E-state index in [1.165, 1.54) is 12.1 Å². The van der Waals surface area contributed by atoms with Crippen molar-refractivity contribution in [2.24, 2.45) is 0 Å². The Bertz CT molecular complexity index is 2770. The number of para-hydroxylation sites is 2. The summed E-state index contributed by atoms with van der Waals surface area (Å²) in [7, 11) is 0. The predicted molar refractivity (Wildman–Crippen MR) is 185 cm³/mol. The first kappa shape index (κ1) is 32.2. The van der Waals surface area contributed by atoms with E-state index in [4.69, 9.17) is 0 Å². The van der Waals surface area contributed by atoms with Gasteiger partial charge >= 0.3 is 12.4 Å². The summed E-state index contributed by atoms with van der Waals surface area (Å²) < 4.78 is 88.7. The molecule has 0 aliphatic carbocycles. The molecule has 2 heterocycles. The van der Waals surface area contributed by atoms with Crippen LogP contribution in [0.15, 0.2) is 115 Å². The first-order valence-corrected chi connectivity index (χ1v) is 15.7. The Morgan fingerprint density at radius 1 is 0.462 bits per heavy atom. The van der Waals surface area contributed by atoms with E-state index in [9.17, 15) is 42.1 Å². The molecule has 0 bridgehead atoms. The molecule has 5 nitrogen and oxygen atoms in total. The molecule has 0 saturated heterocycles. The molecule has 0 saturated carbocycles. The molecule has 0 fully saturated rings. The van der Waals surface area contributed by atoms with Crippen molar-refractivity contribution < 1.29 is 26.3 Å². The fraction of sp³-hybridized carbons (Fsp3) is 0.0488. The van der Waals surface area contributed by atoms with Crippen LogP contribution in [0.2, 0.25) is 0 Å². The Morgan fingerprint density at radius 2 is 0.942 bits per heavy atom. The third-order valence-corrected chi connectivity index (χ3v) is 9.26. The molecule has 0 spiro atoms. The predicted octanol–water partition coefficient (Wildman–Crippen LogP) is 11.2. The molecule has 8 aromatic rings. The van der Waals surface area contributed by atoms with Gasteiger partial charge < -0.3 is 9.13 Å². The van der Waals surface area contributed by atoms with Crippen LogP contribution in [-0.2, 0) is 12.4 Å². The van der Waals surface area contributed by atoms with Gasteiger partial charge in [0.1, 0.15) is 11.6 Å². The van der Waals surface area contributed by atoms with E-state index in [2.05, 4.69) is 18.2 Å². The smallest absolute Gasteiger partial charge is 0.308 e. The largest absolute Gasteiger partial charge is 0.417 e. The zero-order valence-corrected chi connectivity index (χ0v) is 26.5. The lowest BCUT2D eigenvalue weighted by atomic mass is 9.94. The summed E-state index contributed by atoms with van der Waals surface area (Å²) in [5.41, 5.74) is -0.188. The van der Waals surface area contributed by atoms with Crippen molar-refractivity contribution in [3.05, 3.63) is 143 Å². The minimum absolute atomic E-state index is 0.0586. The lowest BCUT2D eigenvalue weighted by Crippen LogP contribution is -2.12. The molecule has 0 aliphatic heterocycles. The van der Waals surface area contributed by atoms with Gasteiger partial charge in [-0.3, -0.25) is 0 Å². The molecule has 250 valence electrons. The molecular weight excluding hydrogens is 676 g/mol. The highest BCUT2D eigenvalue weighted by molar-refractivity contribution is 6.11. The van der Waals surface area contributed by atoms with Gasteiger partial charge in [-0.2, -0.15) is 42.1 Å². The van der Waals surface area contributed by atoms with Crippen molar-refractivity contribution in [3.8, 4) is 40.7 Å². The molecule has 52 heavy (non-hydrogen) atoms. The Hall–Kier alpha value is -7.03. The number of nitriles is 3. The highest BCUT2D eigenvalue weighted by Crippen LogP contribution is 2.45. The molecule has 6 aromatic carbocycles. The van der Waals surface area contributed by atoms with Crippen LogP contribution in [0.4, 0.5) is 26.3 Å². The quantitative estimate of drug-likeness (QED) is 0.173. The van der Waals surface area contributed by atoms with E-state index >= 15 is 0 Å². The van der Waals surface area contributed by atoms with Crippen molar-refractivity contribution in [2.45, 2.75) is 12.4 Å². The average molecular weight is 696 g/mol. The molecule has 2 aromatic heterocycles. The summed E-state index contributed by atoms with van der Waals surface area (Å²) in [6.45, 7) is 0. The number of aromatic nitrogens is 2. The summed E-state index contributed by atoms with van der Waals surface area (Å²) >= 11 is 0. The second kappa shape index (κ2) is 11.5. The van der Waals surface area contributed by atoms with Crippen LogP contribution in [0.3, 0.4) is 0 Å². The number of rotatable bonds is 3. The van der Waals surface area contributed by atoms with Crippen molar-refractivity contribution in [1.82, 2.24) is 9.13 Å². The molecule has 11 heteroatoms. The second-order valence-electron chi connectivity index (χ2n) is 12.1. The van der Waals surface area contributed by atoms with E-state index in [1.54, 1.807) is 81.9 Å². The SMILES string of the molecule is N#Cc1ccc2c(c1)c1ccccc1n2-c1cc(-c2ccc(C(F)(F)F)cc2C(F)(F)F)cc(-n2c3ccccc3c3cc(C#N)ccc32)c1C#N. The lowest BCUT2D eigenvalue weighted by molar-refractivity contribution is -0.142. The fourth-order valence-electron chi connectivity index (χ4n) is 7.05. The maximum Gasteiger partial charge on any atom is 0.417 e. The summed E-state index contributed by atoms with van der Waals surface area (Å²) in [4.78, 5) is 0. The van der Waals surface area contributed by atoms with Gasteiger partial charge in [0.05, 0.1) is 67.8 Å². The zero-order chi connectivity index (χ0) is 36.5. The number of alkyl halides is 6. The van der Waals surface area contributed by atoms with Gasteiger partial charge in [-0.1, -0.05) is 42.5 Å². The Labute approximate surface area is 290 Å². The van der Waals surface area contributed by atoms with E-state index in [0.29, 0.717) is 60.8 Å². The number of hydrogen-bond acceptors (Lipinski definition) is 3. The maximum atomic E-state index is 14.7. The van der Waals surface area contributed by atoms with Gasteiger partial charge in [0.2, 0.25) is 0 Å². The third-order valence-electron chi connectivity index (χ3n) is 9.26. The van der Waals surface area contributed by atoms with E-state index in [0.717, 1.165) is 6.07 Å². The number of fused-ring (bicyclic) bond motifs is 6. The topological polar surface area (TPSA) is 81.2 Å². The monoisotopic (exact) mass is 695 g/mol. The van der Waals surface area contributed by atoms with Crippen LogP contribution >= 0.6 is 0 Å². The number of halogens is 6. The second-order valence-corrected chi connectivity index (χ2v) is 12.1. The van der Waals surface area contributed by atoms with Gasteiger partial charge in [0.15, 0.2) is 0 Å². The van der Waals surface area contributed by atoms with Crippen LogP contribution < -0.4 is 0 Å². The first-order chi connectivity index (χ1) is 24.9. The maximum absolute atomic E-state index is 14.7. The molecule has 0 atom stereocenters. The molecule has 0 amide bonds. The molecule has 8 rings (SSSR count). The molecule has 0 aliphatic rings. The van der Waals surface area contributed by atoms with Crippen LogP contribution in [-0.4, -0.2) is 9.13 Å². The van der Waals surface area contributed by atoms with Crippen molar-refractivity contribution in [3.63, 3.8) is 0 Å². The van der Waals surface area contributed by atoms with Crippen LogP contribution in [0.5, 0.6) is 0 Å². The highest BCUT2D eigenvalue weighted by Gasteiger charge is 2.39. The molecular formula is C41H19F6N5.